The zero-order valence-electron chi connectivity index (χ0n) is 20.4. The first-order valence-corrected chi connectivity index (χ1v) is 13.2. The predicted molar refractivity (Wildman–Crippen MR) is 132 cm³/mol. The molecular weight excluding hydrogens is 452 g/mol. The molecule has 3 heterocycles. The van der Waals surface area contributed by atoms with Gasteiger partial charge in [-0.1, -0.05) is 17.7 Å². The minimum absolute atomic E-state index is 0.114. The van der Waals surface area contributed by atoms with Crippen molar-refractivity contribution >= 4 is 21.6 Å². The fraction of sp³-hybridized carbons (Fsp3) is 0.458. The van der Waals surface area contributed by atoms with Crippen LogP contribution < -0.4 is 5.32 Å². The third kappa shape index (κ3) is 5.23. The quantitative estimate of drug-likeness (QED) is 0.553. The van der Waals surface area contributed by atoms with E-state index in [-0.39, 0.29) is 30.0 Å². The first-order valence-electron chi connectivity index (χ1n) is 11.4. The summed E-state index contributed by atoms with van der Waals surface area (Å²) in [5.74, 6) is 0.841. The van der Waals surface area contributed by atoms with Crippen molar-refractivity contribution < 1.29 is 13.2 Å². The highest BCUT2D eigenvalue weighted by Crippen LogP contribution is 2.27. The topological polar surface area (TPSA) is 102 Å². The summed E-state index contributed by atoms with van der Waals surface area (Å²) in [6.45, 7) is 8.56. The van der Waals surface area contributed by atoms with Gasteiger partial charge in [0.2, 0.25) is 5.91 Å². The molecule has 0 radical (unpaired) electrons. The molecule has 2 aromatic heterocycles. The number of carbonyl (C=O) groups is 1. The average molecular weight is 485 g/mol. The summed E-state index contributed by atoms with van der Waals surface area (Å²) in [7, 11) is -1.10. The van der Waals surface area contributed by atoms with E-state index < -0.39 is 9.84 Å². The van der Waals surface area contributed by atoms with Crippen molar-refractivity contribution in [2.24, 2.45) is 0 Å². The lowest BCUT2D eigenvalue weighted by molar-refractivity contribution is -0.117. The second-order valence-corrected chi connectivity index (χ2v) is 11.5. The van der Waals surface area contributed by atoms with Crippen LogP contribution in [0, 0.1) is 27.7 Å². The first-order chi connectivity index (χ1) is 16.0. The van der Waals surface area contributed by atoms with E-state index in [1.165, 1.54) is 0 Å². The second-order valence-electron chi connectivity index (χ2n) is 9.29. The molecule has 1 aromatic carbocycles. The van der Waals surface area contributed by atoms with Gasteiger partial charge in [0.25, 0.3) is 0 Å². The Morgan fingerprint density at radius 1 is 1.15 bits per heavy atom. The lowest BCUT2D eigenvalue weighted by Gasteiger charge is -2.17. The molecule has 1 amide bonds. The van der Waals surface area contributed by atoms with Crippen LogP contribution in [0.5, 0.6) is 0 Å². The molecule has 9 nitrogen and oxygen atoms in total. The maximum Gasteiger partial charge on any atom is 0.239 e. The highest BCUT2D eigenvalue weighted by atomic mass is 32.2. The highest BCUT2D eigenvalue weighted by Gasteiger charge is 2.31. The molecular formula is C24H32N6O3S. The van der Waals surface area contributed by atoms with Crippen LogP contribution in [-0.2, 0) is 21.2 Å². The largest absolute Gasteiger partial charge is 0.309 e. The first kappa shape index (κ1) is 24.2. The molecule has 0 aliphatic carbocycles. The summed E-state index contributed by atoms with van der Waals surface area (Å²) in [4.78, 5) is 14.8. The second kappa shape index (κ2) is 9.34. The van der Waals surface area contributed by atoms with E-state index in [0.29, 0.717) is 18.8 Å². The normalized spacial score (nSPS) is 17.4. The molecule has 34 heavy (non-hydrogen) atoms. The minimum atomic E-state index is -2.99. The molecule has 3 aromatic rings. The monoisotopic (exact) mass is 484 g/mol. The van der Waals surface area contributed by atoms with E-state index in [0.717, 1.165) is 33.9 Å². The van der Waals surface area contributed by atoms with Gasteiger partial charge in [-0.15, -0.1) is 0 Å². The summed E-state index contributed by atoms with van der Waals surface area (Å²) in [5, 5.41) is 12.1. The van der Waals surface area contributed by atoms with Crippen LogP contribution in [0.4, 0.5) is 5.82 Å². The van der Waals surface area contributed by atoms with Crippen LogP contribution in [0.15, 0.2) is 30.3 Å². The number of sulfone groups is 1. The number of nitrogens with zero attached hydrogens (tertiary/aromatic N) is 5. The van der Waals surface area contributed by atoms with Gasteiger partial charge in [-0.05, 0) is 53.3 Å². The van der Waals surface area contributed by atoms with E-state index in [2.05, 4.69) is 15.5 Å². The molecule has 0 spiro atoms. The van der Waals surface area contributed by atoms with Crippen molar-refractivity contribution in [1.29, 1.82) is 0 Å². The Morgan fingerprint density at radius 2 is 1.85 bits per heavy atom. The number of anilines is 1. The Kier molecular flexibility index (Phi) is 6.64. The van der Waals surface area contributed by atoms with E-state index in [9.17, 15) is 13.2 Å². The van der Waals surface area contributed by atoms with Gasteiger partial charge in [0.05, 0.1) is 41.2 Å². The summed E-state index contributed by atoms with van der Waals surface area (Å²) >= 11 is 0. The van der Waals surface area contributed by atoms with Crippen molar-refractivity contribution in [3.8, 4) is 5.69 Å². The number of nitrogens with one attached hydrogen (secondary N) is 1. The third-order valence-corrected chi connectivity index (χ3v) is 8.00. The third-order valence-electron chi connectivity index (χ3n) is 6.25. The molecule has 1 unspecified atom stereocenters. The van der Waals surface area contributed by atoms with E-state index in [1.54, 1.807) is 4.68 Å². The van der Waals surface area contributed by atoms with Crippen LogP contribution in [0.3, 0.4) is 0 Å². The van der Waals surface area contributed by atoms with E-state index in [1.807, 2.05) is 74.7 Å². The molecule has 1 aliphatic heterocycles. The number of aryl methyl sites for hydroxylation is 3. The number of aromatic nitrogens is 4. The summed E-state index contributed by atoms with van der Waals surface area (Å²) in [5.41, 5.74) is 5.71. The fourth-order valence-electron chi connectivity index (χ4n) is 4.47. The molecule has 1 N–H and O–H groups in total. The zero-order chi connectivity index (χ0) is 24.6. The Bertz CT molecular complexity index is 1310. The van der Waals surface area contributed by atoms with Crippen molar-refractivity contribution in [2.45, 2.75) is 46.7 Å². The predicted octanol–water partition coefficient (Wildman–Crippen LogP) is 2.73. The summed E-state index contributed by atoms with van der Waals surface area (Å²) < 4.78 is 27.4. The van der Waals surface area contributed by atoms with Gasteiger partial charge in [0.1, 0.15) is 5.82 Å². The van der Waals surface area contributed by atoms with Gasteiger partial charge in [-0.3, -0.25) is 14.4 Å². The number of hydrogen-bond donors (Lipinski definition) is 1. The molecule has 1 saturated heterocycles. The number of likely N-dealkylation sites (N-methyl/N-ethyl adjacent to an activating group) is 1. The standard InChI is InChI=1S/C24H32N6O3S/c1-16-6-8-20(9-7-16)30-23(12-17(2)26-30)25-24(31)14-28(5)13-22-18(3)27-29(19(22)4)21-10-11-34(32,33)15-21/h6-9,12,21H,10-11,13-15H2,1-5H3,(H,25,31). The molecule has 0 bridgehead atoms. The van der Waals surface area contributed by atoms with Crippen molar-refractivity contribution in [3.63, 3.8) is 0 Å². The van der Waals surface area contributed by atoms with Crippen LogP contribution in [0.25, 0.3) is 5.69 Å². The Balaban J connectivity index is 1.42. The Hall–Kier alpha value is -2.98. The average Bonchev–Trinajstić information content (AvgIpc) is 3.39. The van der Waals surface area contributed by atoms with Crippen LogP contribution in [0.2, 0.25) is 0 Å². The van der Waals surface area contributed by atoms with E-state index >= 15 is 0 Å². The molecule has 1 fully saturated rings. The SMILES string of the molecule is Cc1ccc(-n2nc(C)cc2NC(=O)CN(C)Cc2c(C)nn(C3CCS(=O)(=O)C3)c2C)cc1. The van der Waals surface area contributed by atoms with Gasteiger partial charge < -0.3 is 5.32 Å². The molecule has 1 atom stereocenters. The maximum atomic E-state index is 12.8. The summed E-state index contributed by atoms with van der Waals surface area (Å²) in [6.07, 6.45) is 0.593. The lowest BCUT2D eigenvalue weighted by Crippen LogP contribution is -2.30. The lowest BCUT2D eigenvalue weighted by atomic mass is 10.1. The Labute approximate surface area is 200 Å². The van der Waals surface area contributed by atoms with Gasteiger partial charge in [0.15, 0.2) is 9.84 Å². The summed E-state index contributed by atoms with van der Waals surface area (Å²) in [6, 6.07) is 9.71. The Morgan fingerprint density at radius 3 is 2.50 bits per heavy atom. The molecule has 4 rings (SSSR count). The van der Waals surface area contributed by atoms with Crippen LogP contribution >= 0.6 is 0 Å². The van der Waals surface area contributed by atoms with Crippen LogP contribution in [-0.4, -0.2) is 63.9 Å². The van der Waals surface area contributed by atoms with Crippen molar-refractivity contribution in [2.75, 3.05) is 30.4 Å². The van der Waals surface area contributed by atoms with Gasteiger partial charge in [-0.25, -0.2) is 13.1 Å². The zero-order valence-corrected chi connectivity index (χ0v) is 21.2. The molecule has 182 valence electrons. The molecule has 0 saturated carbocycles. The van der Waals surface area contributed by atoms with Gasteiger partial charge in [-0.2, -0.15) is 10.2 Å². The maximum absolute atomic E-state index is 12.8. The molecule has 10 heteroatoms. The minimum Gasteiger partial charge on any atom is -0.309 e. The molecule has 1 aliphatic rings. The van der Waals surface area contributed by atoms with Gasteiger partial charge in [0, 0.05) is 23.9 Å². The number of carbonyl (C=O) groups excluding carboxylic acids is 1. The van der Waals surface area contributed by atoms with Crippen LogP contribution in [0.1, 0.15) is 40.7 Å². The highest BCUT2D eigenvalue weighted by molar-refractivity contribution is 7.91. The number of hydrogen-bond acceptors (Lipinski definition) is 6. The van der Waals surface area contributed by atoms with Crippen molar-refractivity contribution in [1.82, 2.24) is 24.5 Å². The fourth-order valence-corrected chi connectivity index (χ4v) is 6.17. The van der Waals surface area contributed by atoms with Crippen molar-refractivity contribution in [3.05, 3.63) is 58.5 Å². The van der Waals surface area contributed by atoms with E-state index in [4.69, 9.17) is 0 Å². The van der Waals surface area contributed by atoms with Gasteiger partial charge >= 0.3 is 0 Å². The number of rotatable bonds is 7. The number of amides is 1. The number of benzene rings is 1. The smallest absolute Gasteiger partial charge is 0.239 e.